The summed E-state index contributed by atoms with van der Waals surface area (Å²) >= 11 is 0. The molecule has 0 atom stereocenters. The van der Waals surface area contributed by atoms with Crippen molar-refractivity contribution in [3.8, 4) is 5.75 Å². The maximum atomic E-state index is 12.1. The van der Waals surface area contributed by atoms with E-state index in [0.717, 1.165) is 0 Å². The van der Waals surface area contributed by atoms with Gasteiger partial charge in [0, 0.05) is 6.07 Å². The Labute approximate surface area is 82.0 Å². The molecule has 0 radical (unpaired) electrons. The fraction of sp³-hybridized carbons (Fsp3) is 0.250. The molecule has 15 heavy (non-hydrogen) atoms. The summed E-state index contributed by atoms with van der Waals surface area (Å²) in [5.41, 5.74) is -2.20. The summed E-state index contributed by atoms with van der Waals surface area (Å²) in [4.78, 5) is 23.2. The Balaban J connectivity index is 3.21. The summed E-state index contributed by atoms with van der Waals surface area (Å²) in [5, 5.41) is 17.5. The van der Waals surface area contributed by atoms with E-state index in [1.54, 1.807) is 4.98 Å². The number of nitrogens with one attached hydrogen (secondary N) is 1. The molecule has 1 aromatic rings. The molecule has 7 heteroatoms. The second-order valence-electron chi connectivity index (χ2n) is 2.79. The highest BCUT2D eigenvalue weighted by atomic mass is 19.3. The summed E-state index contributed by atoms with van der Waals surface area (Å²) < 4.78 is 24.2. The summed E-state index contributed by atoms with van der Waals surface area (Å²) in [6, 6.07) is 0.643. The average Bonchev–Trinajstić information content (AvgIpc) is 2.10. The maximum Gasteiger partial charge on any atom is 0.308 e. The van der Waals surface area contributed by atoms with Crippen LogP contribution >= 0.6 is 0 Å². The Kier molecular flexibility index (Phi) is 3.03. The number of carbonyl (C=O) groups is 1. The molecule has 0 amide bonds. The van der Waals surface area contributed by atoms with Gasteiger partial charge >= 0.3 is 5.97 Å². The number of hydrogen-bond acceptors (Lipinski definition) is 3. The van der Waals surface area contributed by atoms with Crippen molar-refractivity contribution in [2.24, 2.45) is 0 Å². The molecule has 0 unspecified atom stereocenters. The highest BCUT2D eigenvalue weighted by molar-refractivity contribution is 5.71. The first-order valence-corrected chi connectivity index (χ1v) is 3.87. The fourth-order valence-corrected chi connectivity index (χ4v) is 1.03. The van der Waals surface area contributed by atoms with Gasteiger partial charge < -0.3 is 15.2 Å². The predicted octanol–water partition coefficient (Wildman–Crippen LogP) is 0.645. The molecule has 0 aliphatic rings. The number of hydrogen-bond donors (Lipinski definition) is 3. The zero-order valence-corrected chi connectivity index (χ0v) is 7.33. The number of aromatic hydroxyl groups is 1. The van der Waals surface area contributed by atoms with Crippen molar-refractivity contribution in [3.63, 3.8) is 0 Å². The van der Waals surface area contributed by atoms with Crippen LogP contribution in [0, 0.1) is 0 Å². The number of aromatic nitrogens is 1. The van der Waals surface area contributed by atoms with Gasteiger partial charge in [0.15, 0.2) is 0 Å². The van der Waals surface area contributed by atoms with E-state index in [4.69, 9.17) is 10.2 Å². The van der Waals surface area contributed by atoms with Gasteiger partial charge in [0.2, 0.25) is 0 Å². The summed E-state index contributed by atoms with van der Waals surface area (Å²) in [7, 11) is 0. The van der Waals surface area contributed by atoms with E-state index in [1.165, 1.54) is 0 Å². The molecule has 3 N–H and O–H groups in total. The average molecular weight is 219 g/mol. The van der Waals surface area contributed by atoms with Crippen LogP contribution in [0.4, 0.5) is 8.78 Å². The van der Waals surface area contributed by atoms with Gasteiger partial charge in [0.05, 0.1) is 17.7 Å². The van der Waals surface area contributed by atoms with Crippen LogP contribution in [0.2, 0.25) is 0 Å². The van der Waals surface area contributed by atoms with E-state index in [9.17, 15) is 18.4 Å². The van der Waals surface area contributed by atoms with Gasteiger partial charge in [-0.2, -0.15) is 0 Å². The number of rotatable bonds is 3. The van der Waals surface area contributed by atoms with Crippen molar-refractivity contribution in [2.45, 2.75) is 12.8 Å². The lowest BCUT2D eigenvalue weighted by atomic mass is 10.1. The minimum atomic E-state index is -2.93. The monoisotopic (exact) mass is 219 g/mol. The normalized spacial score (nSPS) is 10.6. The molecule has 0 spiro atoms. The van der Waals surface area contributed by atoms with Gasteiger partial charge in [-0.15, -0.1) is 0 Å². The van der Waals surface area contributed by atoms with Gasteiger partial charge in [0.1, 0.15) is 5.75 Å². The minimum absolute atomic E-state index is 0.438. The first-order valence-electron chi connectivity index (χ1n) is 3.87. The number of aromatic amines is 1. The minimum Gasteiger partial charge on any atom is -0.507 e. The largest absolute Gasteiger partial charge is 0.507 e. The van der Waals surface area contributed by atoms with Crippen LogP contribution in [-0.4, -0.2) is 21.2 Å². The van der Waals surface area contributed by atoms with Crippen molar-refractivity contribution in [1.82, 2.24) is 4.98 Å². The van der Waals surface area contributed by atoms with Gasteiger partial charge in [-0.1, -0.05) is 0 Å². The van der Waals surface area contributed by atoms with Crippen LogP contribution in [0.1, 0.15) is 17.7 Å². The molecule has 1 rings (SSSR count). The van der Waals surface area contributed by atoms with Gasteiger partial charge in [-0.3, -0.25) is 9.59 Å². The van der Waals surface area contributed by atoms with E-state index in [-0.39, 0.29) is 0 Å². The maximum absolute atomic E-state index is 12.1. The first kappa shape index (κ1) is 11.2. The molecule has 0 aliphatic carbocycles. The molecule has 0 aromatic carbocycles. The van der Waals surface area contributed by atoms with Crippen molar-refractivity contribution >= 4 is 5.97 Å². The zero-order chi connectivity index (χ0) is 11.6. The molecule has 5 nitrogen and oxygen atoms in total. The van der Waals surface area contributed by atoms with E-state index in [0.29, 0.717) is 6.07 Å². The smallest absolute Gasteiger partial charge is 0.308 e. The van der Waals surface area contributed by atoms with Crippen LogP contribution < -0.4 is 5.56 Å². The number of carboxylic acid groups (broad SMARTS) is 1. The summed E-state index contributed by atoms with van der Waals surface area (Å²) in [5.74, 6) is -2.07. The summed E-state index contributed by atoms with van der Waals surface area (Å²) in [6.07, 6.45) is -3.65. The third-order valence-corrected chi connectivity index (χ3v) is 1.70. The van der Waals surface area contributed by atoms with Crippen molar-refractivity contribution in [2.75, 3.05) is 0 Å². The molecule has 1 heterocycles. The number of pyridine rings is 1. The quantitative estimate of drug-likeness (QED) is 0.695. The zero-order valence-electron chi connectivity index (χ0n) is 7.33. The molecule has 1 aromatic heterocycles. The van der Waals surface area contributed by atoms with Crippen LogP contribution in [-0.2, 0) is 11.2 Å². The van der Waals surface area contributed by atoms with Crippen molar-refractivity contribution in [1.29, 1.82) is 0 Å². The lowest BCUT2D eigenvalue weighted by Gasteiger charge is -2.04. The van der Waals surface area contributed by atoms with Crippen LogP contribution in [0.3, 0.4) is 0 Å². The van der Waals surface area contributed by atoms with Crippen molar-refractivity contribution in [3.05, 3.63) is 27.7 Å². The first-order chi connectivity index (χ1) is 6.91. The topological polar surface area (TPSA) is 90.4 Å². The Morgan fingerprint density at radius 2 is 2.13 bits per heavy atom. The Morgan fingerprint density at radius 3 is 2.53 bits per heavy atom. The Bertz CT molecular complexity index is 441. The number of aliphatic carboxylic acids is 1. The Morgan fingerprint density at radius 1 is 1.53 bits per heavy atom. The van der Waals surface area contributed by atoms with E-state index < -0.39 is 41.4 Å². The molecular formula is C8H7F2NO4. The van der Waals surface area contributed by atoms with Crippen LogP contribution in [0.5, 0.6) is 5.75 Å². The summed E-state index contributed by atoms with van der Waals surface area (Å²) in [6.45, 7) is 0. The molecule has 0 bridgehead atoms. The van der Waals surface area contributed by atoms with Crippen LogP contribution in [0.15, 0.2) is 10.9 Å². The molecule has 0 saturated carbocycles. The van der Waals surface area contributed by atoms with Gasteiger partial charge in [-0.05, 0) is 0 Å². The molecule has 0 saturated heterocycles. The number of halogens is 2. The number of H-pyrrole nitrogens is 1. The lowest BCUT2D eigenvalue weighted by Crippen LogP contribution is -2.18. The van der Waals surface area contributed by atoms with E-state index >= 15 is 0 Å². The third-order valence-electron chi connectivity index (χ3n) is 1.70. The van der Waals surface area contributed by atoms with Crippen LogP contribution in [0.25, 0.3) is 0 Å². The second-order valence-corrected chi connectivity index (χ2v) is 2.79. The standard InChI is InChI=1S/C8H7F2NO4/c9-7(10)4-2-5(12)3(1-6(13)14)8(15)11-4/h2,7H,1H2,(H,13,14)(H2,11,12,15). The fourth-order valence-electron chi connectivity index (χ4n) is 1.03. The molecule has 0 fully saturated rings. The van der Waals surface area contributed by atoms with Crippen molar-refractivity contribution < 1.29 is 23.8 Å². The number of carboxylic acids is 1. The highest BCUT2D eigenvalue weighted by Crippen LogP contribution is 2.21. The predicted molar refractivity (Wildman–Crippen MR) is 45.0 cm³/mol. The molecule has 0 aliphatic heterocycles. The lowest BCUT2D eigenvalue weighted by molar-refractivity contribution is -0.136. The second kappa shape index (κ2) is 4.07. The molecule has 82 valence electrons. The number of alkyl halides is 2. The van der Waals surface area contributed by atoms with E-state index in [1.807, 2.05) is 0 Å². The van der Waals surface area contributed by atoms with Gasteiger partial charge in [0.25, 0.3) is 12.0 Å². The Hall–Kier alpha value is -1.92. The van der Waals surface area contributed by atoms with Gasteiger partial charge in [-0.25, -0.2) is 8.78 Å². The molecular weight excluding hydrogens is 212 g/mol. The highest BCUT2D eigenvalue weighted by Gasteiger charge is 2.16. The third kappa shape index (κ3) is 2.52. The SMILES string of the molecule is O=C(O)Cc1c(O)cc(C(F)F)[nH]c1=O. The van der Waals surface area contributed by atoms with E-state index in [2.05, 4.69) is 0 Å².